The van der Waals surface area contributed by atoms with Crippen LogP contribution in [0, 0.1) is 11.8 Å². The Kier molecular flexibility index (Phi) is 24.0. The maximum absolute atomic E-state index is 13.6. The summed E-state index contributed by atoms with van der Waals surface area (Å²) in [5.74, 6) is -5.91. The van der Waals surface area contributed by atoms with E-state index in [0.29, 0.717) is 38.8 Å². The summed E-state index contributed by atoms with van der Waals surface area (Å²) in [5, 5.41) is 28.1. The molecule has 57 heavy (non-hydrogen) atoms. The molecule has 14 nitrogen and oxygen atoms in total. The van der Waals surface area contributed by atoms with Gasteiger partial charge in [0.15, 0.2) is 0 Å². The summed E-state index contributed by atoms with van der Waals surface area (Å²) >= 11 is 0. The van der Waals surface area contributed by atoms with Crippen LogP contribution >= 0.6 is 0 Å². The van der Waals surface area contributed by atoms with E-state index in [1.54, 1.807) is 6.20 Å². The first kappa shape index (κ1) is 48.7. The Hall–Kier alpha value is -4.43. The van der Waals surface area contributed by atoms with E-state index in [9.17, 15) is 38.7 Å². The summed E-state index contributed by atoms with van der Waals surface area (Å²) in [6.45, 7) is 4.45. The van der Waals surface area contributed by atoms with Crippen LogP contribution in [0.3, 0.4) is 0 Å². The number of aromatic amines is 1. The lowest BCUT2D eigenvalue weighted by atomic mass is 9.90. The molecule has 1 heterocycles. The number of ketones is 3. The number of aliphatic carboxylic acids is 2. The highest BCUT2D eigenvalue weighted by molar-refractivity contribution is 5.91. The number of carbonyl (C=O) groups excluding carboxylic acids is 5. The number of amides is 2. The summed E-state index contributed by atoms with van der Waals surface area (Å²) in [7, 11) is 0. The number of rotatable bonds is 34. The Labute approximate surface area is 337 Å². The molecule has 1 aromatic heterocycles. The maximum atomic E-state index is 13.6. The van der Waals surface area contributed by atoms with Gasteiger partial charge in [-0.3, -0.25) is 24.0 Å². The fraction of sp³-hybridized carbons (Fsp3) is 0.651. The number of Topliss-reactive ketones (excluding diaryl/α,β-unsaturated/α-hetero) is 3. The molecule has 0 aliphatic carbocycles. The molecule has 2 rings (SSSR count). The average Bonchev–Trinajstić information content (AvgIpc) is 3.58. The molecule has 8 N–H and O–H groups in total. The molecule has 0 saturated carbocycles. The number of nitrogens with two attached hydrogens (primary N) is 1. The summed E-state index contributed by atoms with van der Waals surface area (Å²) < 4.78 is 0. The highest BCUT2D eigenvalue weighted by Gasteiger charge is 2.29. The van der Waals surface area contributed by atoms with Crippen LogP contribution in [0.25, 0.3) is 10.9 Å². The number of aromatic nitrogens is 1. The molecule has 14 heteroatoms. The predicted molar refractivity (Wildman–Crippen MR) is 220 cm³/mol. The summed E-state index contributed by atoms with van der Waals surface area (Å²) in [6.07, 6.45) is 14.1. The van der Waals surface area contributed by atoms with Gasteiger partial charge in [0.05, 0.1) is 6.04 Å². The fourth-order valence-electron chi connectivity index (χ4n) is 6.93. The smallest absolute Gasteiger partial charge is 0.326 e. The van der Waals surface area contributed by atoms with E-state index in [0.717, 1.165) is 29.3 Å². The Balaban J connectivity index is 1.87. The number of carboxylic acid groups (broad SMARTS) is 2. The molecule has 1 aromatic carbocycles. The molecule has 0 saturated heterocycles. The van der Waals surface area contributed by atoms with Crippen molar-refractivity contribution in [3.05, 3.63) is 36.0 Å². The zero-order chi connectivity index (χ0) is 42.0. The van der Waals surface area contributed by atoms with Crippen LogP contribution in [-0.4, -0.2) is 88.0 Å². The molecular weight excluding hydrogens is 730 g/mol. The zero-order valence-electron chi connectivity index (χ0n) is 34.1. The molecule has 0 bridgehead atoms. The highest BCUT2D eigenvalue weighted by Crippen LogP contribution is 2.23. The molecule has 0 radical (unpaired) electrons. The average molecular weight is 798 g/mol. The third-order valence-corrected chi connectivity index (χ3v) is 10.3. The van der Waals surface area contributed by atoms with Crippen LogP contribution in [0.1, 0.15) is 135 Å². The van der Waals surface area contributed by atoms with Crippen molar-refractivity contribution >= 4 is 52.0 Å². The molecule has 4 atom stereocenters. The number of H-pyrrole nitrogens is 1. The minimum absolute atomic E-state index is 0.133. The van der Waals surface area contributed by atoms with Crippen LogP contribution in [0.5, 0.6) is 0 Å². The van der Waals surface area contributed by atoms with Gasteiger partial charge in [-0.2, -0.15) is 0 Å². The lowest BCUT2D eigenvalue weighted by Gasteiger charge is -2.21. The van der Waals surface area contributed by atoms with E-state index >= 15 is 0 Å². The largest absolute Gasteiger partial charge is 0.481 e. The second-order valence-corrected chi connectivity index (χ2v) is 15.3. The van der Waals surface area contributed by atoms with Crippen LogP contribution in [0.4, 0.5) is 0 Å². The van der Waals surface area contributed by atoms with Gasteiger partial charge in [-0.25, -0.2) is 4.79 Å². The van der Waals surface area contributed by atoms with E-state index in [2.05, 4.69) is 27.9 Å². The third-order valence-electron chi connectivity index (χ3n) is 10.3. The third kappa shape index (κ3) is 20.5. The van der Waals surface area contributed by atoms with E-state index in [1.807, 2.05) is 24.3 Å². The molecule has 0 aliphatic rings. The van der Waals surface area contributed by atoms with Crippen LogP contribution in [-0.2, 0) is 40.0 Å². The SMILES string of the molecule is CCCCCCCCCCCC(=O)CCCNCC[C@H](N)C(=O)C[C@H](Cc1c[nH]c2ccccc12)C(=O)NCC[C@@H](NC(=O)[C@@H](CCC(=O)O)CC(C)=O)C(=O)O. The lowest BCUT2D eigenvalue weighted by molar-refractivity contribution is -0.143. The van der Waals surface area contributed by atoms with Crippen LogP contribution in [0.2, 0.25) is 0 Å². The molecule has 318 valence electrons. The van der Waals surface area contributed by atoms with Gasteiger partial charge in [-0.15, -0.1) is 0 Å². The fourth-order valence-corrected chi connectivity index (χ4v) is 6.93. The monoisotopic (exact) mass is 797 g/mol. The Morgan fingerprint density at radius 3 is 2.07 bits per heavy atom. The highest BCUT2D eigenvalue weighted by atomic mass is 16.4. The molecule has 2 amide bonds. The minimum atomic E-state index is -1.41. The number of carbonyl (C=O) groups is 7. The maximum Gasteiger partial charge on any atom is 0.326 e. The molecule has 0 fully saturated rings. The van der Waals surface area contributed by atoms with Crippen molar-refractivity contribution in [3.8, 4) is 0 Å². The van der Waals surface area contributed by atoms with Crippen molar-refractivity contribution < 1.29 is 43.8 Å². The van der Waals surface area contributed by atoms with E-state index in [1.165, 1.54) is 51.9 Å². The van der Waals surface area contributed by atoms with E-state index < -0.39 is 47.7 Å². The normalized spacial score (nSPS) is 13.4. The van der Waals surface area contributed by atoms with Crippen molar-refractivity contribution in [2.45, 2.75) is 148 Å². The number of benzene rings is 1. The molecule has 0 aliphatic heterocycles. The van der Waals surface area contributed by atoms with Crippen LogP contribution < -0.4 is 21.7 Å². The number of fused-ring (bicyclic) bond motifs is 1. The van der Waals surface area contributed by atoms with Gasteiger partial charge in [-0.1, -0.05) is 76.5 Å². The second kappa shape index (κ2) is 28.0. The van der Waals surface area contributed by atoms with Gasteiger partial charge in [0.25, 0.3) is 0 Å². The number of unbranched alkanes of at least 4 members (excludes halogenated alkanes) is 8. The van der Waals surface area contributed by atoms with Crippen molar-refractivity contribution in [2.75, 3.05) is 19.6 Å². The molecular formula is C43H67N5O9. The number of hydrogen-bond acceptors (Lipinski definition) is 9. The summed E-state index contributed by atoms with van der Waals surface area (Å²) in [4.78, 5) is 90.0. The zero-order valence-corrected chi connectivity index (χ0v) is 34.1. The quantitative estimate of drug-likeness (QED) is 0.0443. The topological polar surface area (TPSA) is 238 Å². The molecule has 2 aromatic rings. The first-order valence-electron chi connectivity index (χ1n) is 20.9. The van der Waals surface area contributed by atoms with Crippen molar-refractivity contribution in [3.63, 3.8) is 0 Å². The van der Waals surface area contributed by atoms with Gasteiger partial charge in [0.2, 0.25) is 11.8 Å². The van der Waals surface area contributed by atoms with Gasteiger partial charge >= 0.3 is 11.9 Å². The Morgan fingerprint density at radius 2 is 1.40 bits per heavy atom. The minimum Gasteiger partial charge on any atom is -0.481 e. The van der Waals surface area contributed by atoms with E-state index in [-0.39, 0.29) is 62.4 Å². The van der Waals surface area contributed by atoms with Crippen molar-refractivity contribution in [1.82, 2.24) is 20.9 Å². The lowest BCUT2D eigenvalue weighted by Crippen LogP contribution is -2.46. The predicted octanol–water partition coefficient (Wildman–Crippen LogP) is 5.40. The first-order valence-corrected chi connectivity index (χ1v) is 20.9. The Bertz CT molecular complexity index is 1570. The van der Waals surface area contributed by atoms with Gasteiger partial charge in [-0.05, 0) is 70.2 Å². The summed E-state index contributed by atoms with van der Waals surface area (Å²) in [5.41, 5.74) is 7.98. The number of carboxylic acids is 2. The molecule has 0 spiro atoms. The van der Waals surface area contributed by atoms with Crippen LogP contribution in [0.15, 0.2) is 30.5 Å². The number of para-hydroxylation sites is 1. The van der Waals surface area contributed by atoms with Gasteiger partial charge in [0, 0.05) is 67.6 Å². The van der Waals surface area contributed by atoms with Crippen molar-refractivity contribution in [2.24, 2.45) is 17.6 Å². The van der Waals surface area contributed by atoms with E-state index in [4.69, 9.17) is 10.8 Å². The second-order valence-electron chi connectivity index (χ2n) is 15.3. The standard InChI is InChI=1S/C43H67N5O9/c1-3-4-5-6-7-8-9-10-11-15-34(50)16-14-23-45-24-21-36(44)39(51)28-32(27-33-29-47-37-18-13-12-17-35(33)37)41(54)46-25-22-38(43(56)57)48-42(55)31(26-30(2)49)19-20-40(52)53/h12-13,17-18,29,31-32,36,38,45,47H,3-11,14-16,19-28,44H2,1-2H3,(H,46,54)(H,48,55)(H,52,53)(H,56,57)/t31-,32-,36-,38+/m0/s1. The number of nitrogens with one attached hydrogen (secondary N) is 4. The number of hydrogen-bond donors (Lipinski definition) is 7. The van der Waals surface area contributed by atoms with Gasteiger partial charge < -0.3 is 41.7 Å². The molecule has 0 unspecified atom stereocenters. The van der Waals surface area contributed by atoms with Crippen molar-refractivity contribution in [1.29, 1.82) is 0 Å². The Morgan fingerprint density at radius 1 is 0.737 bits per heavy atom. The van der Waals surface area contributed by atoms with Gasteiger partial charge in [0.1, 0.15) is 23.4 Å². The first-order chi connectivity index (χ1) is 27.3. The summed E-state index contributed by atoms with van der Waals surface area (Å²) in [6, 6.07) is 5.34.